The van der Waals surface area contributed by atoms with Gasteiger partial charge in [0.15, 0.2) is 0 Å². The number of aryl methyl sites for hydroxylation is 1. The molecule has 0 aromatic heterocycles. The van der Waals surface area contributed by atoms with Crippen molar-refractivity contribution in [2.75, 3.05) is 14.1 Å². The molecule has 0 bridgehead atoms. The van der Waals surface area contributed by atoms with Crippen LogP contribution in [0, 0.1) is 18.3 Å². The highest BCUT2D eigenvalue weighted by Gasteiger charge is 2.15. The zero-order valence-electron chi connectivity index (χ0n) is 8.58. The molecule has 0 saturated heterocycles. The zero-order valence-corrected chi connectivity index (χ0v) is 10.2. The summed E-state index contributed by atoms with van der Waals surface area (Å²) in [5, 5.41) is 9.06. The van der Waals surface area contributed by atoms with Crippen LogP contribution >= 0.6 is 15.9 Å². The number of hydrogen-bond acceptors (Lipinski definition) is 2. The van der Waals surface area contributed by atoms with Gasteiger partial charge in [-0.05, 0) is 44.3 Å². The van der Waals surface area contributed by atoms with Gasteiger partial charge < -0.3 is 0 Å². The van der Waals surface area contributed by atoms with Crippen LogP contribution in [0.1, 0.15) is 17.2 Å². The smallest absolute Gasteiger partial charge is 0.123 e. The molecule has 0 radical (unpaired) electrons. The van der Waals surface area contributed by atoms with Crippen LogP contribution in [0.25, 0.3) is 0 Å². The quantitative estimate of drug-likeness (QED) is 0.810. The maximum Gasteiger partial charge on any atom is 0.123 e. The normalized spacial score (nSPS) is 12.6. The molecule has 1 aromatic carbocycles. The largest absolute Gasteiger partial charge is 0.291 e. The van der Waals surface area contributed by atoms with Crippen molar-refractivity contribution >= 4 is 15.9 Å². The molecule has 0 fully saturated rings. The van der Waals surface area contributed by atoms with Crippen molar-refractivity contribution in [1.29, 1.82) is 5.26 Å². The predicted octanol–water partition coefficient (Wildman–Crippen LogP) is 2.88. The van der Waals surface area contributed by atoms with E-state index in [0.29, 0.717) is 0 Å². The van der Waals surface area contributed by atoms with Crippen molar-refractivity contribution in [3.05, 3.63) is 33.8 Å². The van der Waals surface area contributed by atoms with Crippen molar-refractivity contribution in [1.82, 2.24) is 4.90 Å². The molecule has 0 aliphatic heterocycles. The number of halogens is 1. The molecule has 14 heavy (non-hydrogen) atoms. The second kappa shape index (κ2) is 4.59. The summed E-state index contributed by atoms with van der Waals surface area (Å²) in [6.07, 6.45) is 0. The summed E-state index contributed by atoms with van der Waals surface area (Å²) in [5.74, 6) is 0. The number of hydrogen-bond donors (Lipinski definition) is 0. The van der Waals surface area contributed by atoms with Gasteiger partial charge in [-0.2, -0.15) is 5.26 Å². The standard InChI is InChI=1S/C11H13BrN2/c1-8-4-5-9(12)6-10(8)11(7-13)14(2)3/h4-6,11H,1-3H3. The van der Waals surface area contributed by atoms with E-state index < -0.39 is 0 Å². The SMILES string of the molecule is Cc1ccc(Br)cc1C(C#N)N(C)C. The average molecular weight is 253 g/mol. The van der Waals surface area contributed by atoms with Crippen LogP contribution in [0.5, 0.6) is 0 Å². The van der Waals surface area contributed by atoms with E-state index in [1.165, 1.54) is 0 Å². The summed E-state index contributed by atoms with van der Waals surface area (Å²) in [6.45, 7) is 2.02. The fourth-order valence-electron chi connectivity index (χ4n) is 1.37. The van der Waals surface area contributed by atoms with Gasteiger partial charge in [-0.25, -0.2) is 0 Å². The molecule has 3 heteroatoms. The Morgan fingerprint density at radius 2 is 2.07 bits per heavy atom. The van der Waals surface area contributed by atoms with Gasteiger partial charge in [-0.15, -0.1) is 0 Å². The van der Waals surface area contributed by atoms with Crippen LogP contribution in [-0.2, 0) is 0 Å². The molecule has 0 saturated carbocycles. The Morgan fingerprint density at radius 3 is 2.57 bits per heavy atom. The molecule has 1 aromatic rings. The fourth-order valence-corrected chi connectivity index (χ4v) is 1.75. The van der Waals surface area contributed by atoms with Gasteiger partial charge in [0.05, 0.1) is 6.07 Å². The summed E-state index contributed by atoms with van der Waals surface area (Å²) in [5.41, 5.74) is 2.21. The monoisotopic (exact) mass is 252 g/mol. The first-order valence-corrected chi connectivity index (χ1v) is 5.17. The maximum absolute atomic E-state index is 9.06. The Labute approximate surface area is 93.3 Å². The summed E-state index contributed by atoms with van der Waals surface area (Å²) < 4.78 is 1.01. The first-order chi connectivity index (χ1) is 6.56. The highest BCUT2D eigenvalue weighted by atomic mass is 79.9. The molecular formula is C11H13BrN2. The molecular weight excluding hydrogens is 240 g/mol. The van der Waals surface area contributed by atoms with E-state index >= 15 is 0 Å². The van der Waals surface area contributed by atoms with Crippen LogP contribution in [-0.4, -0.2) is 19.0 Å². The summed E-state index contributed by atoms with van der Waals surface area (Å²) in [4.78, 5) is 1.91. The molecule has 2 nitrogen and oxygen atoms in total. The highest BCUT2D eigenvalue weighted by molar-refractivity contribution is 9.10. The van der Waals surface area contributed by atoms with Crippen molar-refractivity contribution in [2.24, 2.45) is 0 Å². The van der Waals surface area contributed by atoms with E-state index in [4.69, 9.17) is 5.26 Å². The van der Waals surface area contributed by atoms with Gasteiger partial charge >= 0.3 is 0 Å². The fraction of sp³-hybridized carbons (Fsp3) is 0.364. The van der Waals surface area contributed by atoms with E-state index in [1.54, 1.807) is 0 Å². The van der Waals surface area contributed by atoms with Gasteiger partial charge in [0.2, 0.25) is 0 Å². The number of rotatable bonds is 2. The van der Waals surface area contributed by atoms with Gasteiger partial charge in [-0.3, -0.25) is 4.90 Å². The third-order valence-corrected chi connectivity index (χ3v) is 2.67. The van der Waals surface area contributed by atoms with Crippen LogP contribution in [0.2, 0.25) is 0 Å². The highest BCUT2D eigenvalue weighted by Crippen LogP contribution is 2.24. The lowest BCUT2D eigenvalue weighted by Crippen LogP contribution is -2.19. The summed E-state index contributed by atoms with van der Waals surface area (Å²) in [6, 6.07) is 8.13. The van der Waals surface area contributed by atoms with Crippen LogP contribution in [0.3, 0.4) is 0 Å². The molecule has 74 valence electrons. The van der Waals surface area contributed by atoms with Crippen molar-refractivity contribution < 1.29 is 0 Å². The van der Waals surface area contributed by atoms with Crippen molar-refractivity contribution in [2.45, 2.75) is 13.0 Å². The summed E-state index contributed by atoms with van der Waals surface area (Å²) in [7, 11) is 3.82. The number of nitriles is 1. The third kappa shape index (κ3) is 2.34. The Bertz CT molecular complexity index is 366. The van der Waals surface area contributed by atoms with Crippen molar-refractivity contribution in [3.63, 3.8) is 0 Å². The molecule has 0 N–H and O–H groups in total. The molecule has 0 spiro atoms. The minimum Gasteiger partial charge on any atom is -0.291 e. The number of nitrogens with zero attached hydrogens (tertiary/aromatic N) is 2. The topological polar surface area (TPSA) is 27.0 Å². The van der Waals surface area contributed by atoms with Crippen LogP contribution in [0.4, 0.5) is 0 Å². The van der Waals surface area contributed by atoms with Gasteiger partial charge in [0.25, 0.3) is 0 Å². The molecule has 0 aliphatic rings. The van der Waals surface area contributed by atoms with Gasteiger partial charge in [-0.1, -0.05) is 22.0 Å². The zero-order chi connectivity index (χ0) is 10.7. The Hall–Kier alpha value is -0.850. The third-order valence-electron chi connectivity index (χ3n) is 2.17. The Balaban J connectivity index is 3.17. The van der Waals surface area contributed by atoms with E-state index in [9.17, 15) is 0 Å². The second-order valence-corrected chi connectivity index (χ2v) is 4.41. The first-order valence-electron chi connectivity index (χ1n) is 4.38. The van der Waals surface area contributed by atoms with E-state index in [0.717, 1.165) is 15.6 Å². The first kappa shape index (κ1) is 11.2. The lowest BCUT2D eigenvalue weighted by Gasteiger charge is -2.19. The van der Waals surface area contributed by atoms with Gasteiger partial charge in [0.1, 0.15) is 6.04 Å². The molecule has 0 heterocycles. The van der Waals surface area contributed by atoms with Crippen molar-refractivity contribution in [3.8, 4) is 6.07 Å². The number of benzene rings is 1. The van der Waals surface area contributed by atoms with Crippen LogP contribution in [0.15, 0.2) is 22.7 Å². The lowest BCUT2D eigenvalue weighted by molar-refractivity contribution is 0.357. The van der Waals surface area contributed by atoms with Gasteiger partial charge in [0, 0.05) is 4.47 Å². The minimum atomic E-state index is -0.174. The van der Waals surface area contributed by atoms with E-state index in [-0.39, 0.29) is 6.04 Å². The molecule has 1 rings (SSSR count). The summed E-state index contributed by atoms with van der Waals surface area (Å²) >= 11 is 3.41. The predicted molar refractivity (Wildman–Crippen MR) is 60.9 cm³/mol. The average Bonchev–Trinajstić information content (AvgIpc) is 2.11. The Kier molecular flexibility index (Phi) is 3.68. The Morgan fingerprint density at radius 1 is 1.43 bits per heavy atom. The molecule has 0 amide bonds. The molecule has 0 aliphatic carbocycles. The van der Waals surface area contributed by atoms with Crippen LogP contribution < -0.4 is 0 Å². The molecule has 1 atom stereocenters. The lowest BCUT2D eigenvalue weighted by atomic mass is 10.0. The van der Waals surface area contributed by atoms with E-state index in [2.05, 4.69) is 22.0 Å². The van der Waals surface area contributed by atoms with E-state index in [1.807, 2.05) is 44.1 Å². The molecule has 1 unspecified atom stereocenters. The minimum absolute atomic E-state index is 0.174. The second-order valence-electron chi connectivity index (χ2n) is 3.50. The maximum atomic E-state index is 9.06.